The standard InChI is InChI=1S/C49H63N3O8/c1-35-17-18-37(32-52-26-24-39(33-52)51-44-15-9-13-38-31-50-25-23-41(38)44)29-47(35)60-34-49(57)59-28-10-27-58-48(56)16-8-3-2-7-14-42-43(46(55)30-45(42)54)22-21-40(53)20-19-36-11-5-4-6-12-36/h2,4-7,9,11-13,15,17-18,23,25,29,31,39-40,42-43,45-46,51,53-55H,3,8,10,14,16,19-22,24,26-28,30,32-34H2,1H3/b7-2+/t39-,40+,42-,43-,45+,46-/m1/s1. The van der Waals surface area contributed by atoms with Gasteiger partial charge in [-0.1, -0.05) is 66.7 Å². The zero-order chi connectivity index (χ0) is 42.1. The number of benzene rings is 3. The Balaban J connectivity index is 0.795. The fourth-order valence-corrected chi connectivity index (χ4v) is 8.55. The molecule has 2 heterocycles. The number of carbonyl (C=O) groups is 2. The van der Waals surface area contributed by atoms with E-state index >= 15 is 0 Å². The first-order chi connectivity index (χ1) is 29.2. The summed E-state index contributed by atoms with van der Waals surface area (Å²) in [7, 11) is 0. The molecule has 11 nitrogen and oxygen atoms in total. The summed E-state index contributed by atoms with van der Waals surface area (Å²) < 4.78 is 16.5. The van der Waals surface area contributed by atoms with Gasteiger partial charge in [0.15, 0.2) is 6.61 Å². The van der Waals surface area contributed by atoms with E-state index in [9.17, 15) is 24.9 Å². The van der Waals surface area contributed by atoms with Crippen LogP contribution in [0.15, 0.2) is 97.3 Å². The Morgan fingerprint density at radius 2 is 1.73 bits per heavy atom. The van der Waals surface area contributed by atoms with Crippen LogP contribution in [0.4, 0.5) is 5.69 Å². The van der Waals surface area contributed by atoms with Gasteiger partial charge in [0.2, 0.25) is 0 Å². The van der Waals surface area contributed by atoms with Gasteiger partial charge in [-0.25, -0.2) is 4.79 Å². The number of carbonyl (C=O) groups excluding carboxylic acids is 2. The van der Waals surface area contributed by atoms with Crippen LogP contribution in [0.5, 0.6) is 5.75 Å². The first-order valence-electron chi connectivity index (χ1n) is 21.8. The summed E-state index contributed by atoms with van der Waals surface area (Å²) >= 11 is 0. The van der Waals surface area contributed by atoms with Crippen LogP contribution in [0.3, 0.4) is 0 Å². The third-order valence-electron chi connectivity index (χ3n) is 11.9. The van der Waals surface area contributed by atoms with Crippen molar-refractivity contribution in [3.63, 3.8) is 0 Å². The van der Waals surface area contributed by atoms with Gasteiger partial charge >= 0.3 is 11.9 Å². The number of aliphatic hydroxyl groups is 3. The second-order valence-electron chi connectivity index (χ2n) is 16.5. The maximum atomic E-state index is 12.4. The van der Waals surface area contributed by atoms with E-state index in [4.69, 9.17) is 14.2 Å². The maximum Gasteiger partial charge on any atom is 0.344 e. The third-order valence-corrected chi connectivity index (χ3v) is 11.9. The molecule has 2 aliphatic rings. The topological polar surface area (TPSA) is 151 Å². The second kappa shape index (κ2) is 23.3. The molecule has 6 atom stereocenters. The van der Waals surface area contributed by atoms with Crippen LogP contribution in [0, 0.1) is 18.8 Å². The molecule has 4 N–H and O–H groups in total. The number of ether oxygens (including phenoxy) is 3. The SMILES string of the molecule is Cc1ccc(CN2CC[C@@H](Nc3cccc4cnccc34)C2)cc1OCC(=O)OCCCOC(=O)CCC/C=C/C[C@@H]1[C@@H](CC[C@@H](O)CCc2ccccc2)[C@H](O)C[C@@H]1O. The molecule has 0 radical (unpaired) electrons. The van der Waals surface area contributed by atoms with Gasteiger partial charge in [-0.05, 0) is 111 Å². The van der Waals surface area contributed by atoms with Crippen LogP contribution in [0.2, 0.25) is 0 Å². The number of unbranched alkanes of at least 4 members (excludes halogenated alkanes) is 1. The number of hydrogen-bond acceptors (Lipinski definition) is 11. The van der Waals surface area contributed by atoms with Gasteiger partial charge < -0.3 is 34.8 Å². The van der Waals surface area contributed by atoms with E-state index in [1.165, 1.54) is 10.9 Å². The van der Waals surface area contributed by atoms with Crippen LogP contribution >= 0.6 is 0 Å². The number of rotatable bonds is 23. The number of allylic oxidation sites excluding steroid dienone is 2. The number of nitrogens with zero attached hydrogens (tertiary/aromatic N) is 2. The maximum absolute atomic E-state index is 12.4. The Morgan fingerprint density at radius 1 is 0.917 bits per heavy atom. The van der Waals surface area contributed by atoms with Crippen molar-refractivity contribution in [1.82, 2.24) is 9.88 Å². The molecule has 0 amide bonds. The molecule has 322 valence electrons. The molecule has 1 aliphatic heterocycles. The average Bonchev–Trinajstić information content (AvgIpc) is 3.81. The Morgan fingerprint density at radius 3 is 2.58 bits per heavy atom. The summed E-state index contributed by atoms with van der Waals surface area (Å²) in [5.41, 5.74) is 4.40. The molecule has 1 saturated carbocycles. The van der Waals surface area contributed by atoms with Crippen molar-refractivity contribution in [2.24, 2.45) is 11.8 Å². The van der Waals surface area contributed by atoms with Crippen molar-refractivity contribution in [3.8, 4) is 5.75 Å². The van der Waals surface area contributed by atoms with Crippen molar-refractivity contribution in [2.45, 2.75) is 108 Å². The van der Waals surface area contributed by atoms with Gasteiger partial charge in [0.05, 0.1) is 31.5 Å². The molecule has 1 aromatic heterocycles. The summed E-state index contributed by atoms with van der Waals surface area (Å²) in [6.45, 7) is 4.75. The van der Waals surface area contributed by atoms with E-state index in [-0.39, 0.29) is 44.0 Å². The third kappa shape index (κ3) is 13.9. The average molecular weight is 822 g/mol. The van der Waals surface area contributed by atoms with Crippen LogP contribution in [0.1, 0.15) is 80.9 Å². The van der Waals surface area contributed by atoms with Crippen LogP contribution in [0.25, 0.3) is 10.8 Å². The van der Waals surface area contributed by atoms with Gasteiger partial charge in [-0.3, -0.25) is 14.7 Å². The predicted octanol–water partition coefficient (Wildman–Crippen LogP) is 7.33. The largest absolute Gasteiger partial charge is 0.482 e. The lowest BCUT2D eigenvalue weighted by atomic mass is 9.85. The van der Waals surface area contributed by atoms with Crippen molar-refractivity contribution in [1.29, 1.82) is 0 Å². The number of hydrogen-bond donors (Lipinski definition) is 4. The molecule has 60 heavy (non-hydrogen) atoms. The van der Waals surface area contributed by atoms with Crippen molar-refractivity contribution in [3.05, 3.63) is 114 Å². The van der Waals surface area contributed by atoms with E-state index in [0.717, 1.165) is 54.7 Å². The van der Waals surface area contributed by atoms with E-state index < -0.39 is 24.3 Å². The number of aryl methyl sites for hydroxylation is 2. The molecular formula is C49H63N3O8. The zero-order valence-electron chi connectivity index (χ0n) is 35.0. The molecule has 1 aliphatic carbocycles. The van der Waals surface area contributed by atoms with E-state index in [0.29, 0.717) is 63.2 Å². The number of aliphatic hydroxyl groups excluding tert-OH is 3. The van der Waals surface area contributed by atoms with Gasteiger partial charge in [-0.2, -0.15) is 0 Å². The lowest BCUT2D eigenvalue weighted by Gasteiger charge is -2.23. The van der Waals surface area contributed by atoms with Gasteiger partial charge in [0, 0.05) is 67.4 Å². The fourth-order valence-electron chi connectivity index (χ4n) is 8.55. The van der Waals surface area contributed by atoms with Gasteiger partial charge in [-0.15, -0.1) is 0 Å². The first kappa shape index (κ1) is 44.7. The molecule has 1 saturated heterocycles. The number of anilines is 1. The predicted molar refractivity (Wildman–Crippen MR) is 233 cm³/mol. The Bertz CT molecular complexity index is 1970. The van der Waals surface area contributed by atoms with Crippen molar-refractivity contribution >= 4 is 28.4 Å². The van der Waals surface area contributed by atoms with Gasteiger partial charge in [0.1, 0.15) is 5.75 Å². The molecule has 4 aromatic rings. The van der Waals surface area contributed by atoms with Crippen molar-refractivity contribution in [2.75, 3.05) is 38.2 Å². The Hall–Kier alpha value is -4.81. The molecule has 0 bridgehead atoms. The summed E-state index contributed by atoms with van der Waals surface area (Å²) in [6.07, 6.45) is 13.0. The highest BCUT2D eigenvalue weighted by atomic mass is 16.6. The minimum atomic E-state index is -0.567. The second-order valence-corrected chi connectivity index (χ2v) is 16.5. The molecule has 3 aromatic carbocycles. The van der Waals surface area contributed by atoms with Crippen LogP contribution < -0.4 is 10.1 Å². The molecular weight excluding hydrogens is 759 g/mol. The summed E-state index contributed by atoms with van der Waals surface area (Å²) in [5.74, 6) is -0.216. The van der Waals surface area contributed by atoms with E-state index in [1.54, 1.807) is 0 Å². The zero-order valence-corrected chi connectivity index (χ0v) is 35.0. The number of likely N-dealkylation sites (tertiary alicyclic amines) is 1. The van der Waals surface area contributed by atoms with E-state index in [1.807, 2.05) is 61.8 Å². The van der Waals surface area contributed by atoms with E-state index in [2.05, 4.69) is 57.7 Å². The number of fused-ring (bicyclic) bond motifs is 1. The highest BCUT2D eigenvalue weighted by molar-refractivity contribution is 5.93. The number of esters is 2. The molecule has 6 rings (SSSR count). The summed E-state index contributed by atoms with van der Waals surface area (Å²) in [6, 6.07) is 24.9. The lowest BCUT2D eigenvalue weighted by molar-refractivity contribution is -0.147. The summed E-state index contributed by atoms with van der Waals surface area (Å²) in [5, 5.41) is 37.8. The lowest BCUT2D eigenvalue weighted by Crippen LogP contribution is -2.26. The number of aromatic nitrogens is 1. The first-order valence-corrected chi connectivity index (χ1v) is 21.8. The highest BCUT2D eigenvalue weighted by Crippen LogP contribution is 2.38. The summed E-state index contributed by atoms with van der Waals surface area (Å²) in [4.78, 5) is 31.4. The van der Waals surface area contributed by atoms with Crippen LogP contribution in [-0.2, 0) is 32.0 Å². The normalized spacial score (nSPS) is 21.0. The number of pyridine rings is 1. The highest BCUT2D eigenvalue weighted by Gasteiger charge is 2.40. The molecule has 2 fully saturated rings. The molecule has 0 spiro atoms. The quantitative estimate of drug-likeness (QED) is 0.0338. The van der Waals surface area contributed by atoms with Crippen molar-refractivity contribution < 1.29 is 39.1 Å². The molecule has 0 unspecified atom stereocenters. The molecule has 11 heteroatoms. The smallest absolute Gasteiger partial charge is 0.344 e. The number of nitrogens with one attached hydrogen (secondary N) is 1. The Kier molecular flexibility index (Phi) is 17.3. The Labute approximate surface area is 354 Å². The monoisotopic (exact) mass is 821 g/mol. The van der Waals surface area contributed by atoms with Gasteiger partial charge in [0.25, 0.3) is 0 Å². The minimum absolute atomic E-state index is 0.0528. The van der Waals surface area contributed by atoms with Crippen LogP contribution in [-0.4, -0.2) is 94.4 Å². The fraction of sp³-hybridized carbons (Fsp3) is 0.490. The minimum Gasteiger partial charge on any atom is -0.482 e.